The maximum Gasteiger partial charge on any atom is 0.137 e. The first-order valence-corrected chi connectivity index (χ1v) is 20.0. The van der Waals surface area contributed by atoms with E-state index in [2.05, 4.69) is 208 Å². The van der Waals surface area contributed by atoms with Crippen LogP contribution in [-0.2, 0) is 5.41 Å². The van der Waals surface area contributed by atoms with Crippen molar-refractivity contribution in [3.63, 3.8) is 0 Å². The molecule has 0 amide bonds. The Bertz CT molecular complexity index is 3570. The highest BCUT2D eigenvalue weighted by Crippen LogP contribution is 2.54. The summed E-state index contributed by atoms with van der Waals surface area (Å²) < 4.78 is 7.29. The number of fused-ring (bicyclic) bond motifs is 11. The summed E-state index contributed by atoms with van der Waals surface area (Å²) in [4.78, 5) is 4.80. The van der Waals surface area contributed by atoms with E-state index in [4.69, 9.17) is 4.98 Å². The van der Waals surface area contributed by atoms with Gasteiger partial charge >= 0.3 is 0 Å². The molecule has 8 aromatic carbocycles. The van der Waals surface area contributed by atoms with Gasteiger partial charge in [-0.25, -0.2) is 4.98 Å². The fourth-order valence-electron chi connectivity index (χ4n) is 10.5. The van der Waals surface area contributed by atoms with Crippen molar-refractivity contribution in [3.05, 3.63) is 229 Å². The first-order valence-electron chi connectivity index (χ1n) is 20.0. The number of para-hydroxylation sites is 4. The molecule has 1 aliphatic heterocycles. The van der Waals surface area contributed by atoms with Gasteiger partial charge in [0.1, 0.15) is 5.82 Å². The van der Waals surface area contributed by atoms with E-state index in [0.29, 0.717) is 0 Å². The van der Waals surface area contributed by atoms with Gasteiger partial charge in [-0.05, 0) is 82.9 Å². The summed E-state index contributed by atoms with van der Waals surface area (Å²) in [5, 5.41) is 7.35. The largest absolute Gasteiger partial charge is 0.309 e. The fourth-order valence-corrected chi connectivity index (χ4v) is 10.5. The Morgan fingerprint density at radius 1 is 0.345 bits per heavy atom. The second kappa shape index (κ2) is 11.7. The summed E-state index contributed by atoms with van der Waals surface area (Å²) in [5.74, 6) is 0.917. The molecule has 4 nitrogen and oxygen atoms in total. The van der Waals surface area contributed by atoms with Gasteiger partial charge in [0.05, 0.1) is 44.2 Å². The maximum atomic E-state index is 4.80. The van der Waals surface area contributed by atoms with Gasteiger partial charge in [-0.3, -0.25) is 4.57 Å². The highest BCUT2D eigenvalue weighted by molar-refractivity contribution is 6.19. The Hall–Kier alpha value is -7.69. The van der Waals surface area contributed by atoms with Crippen molar-refractivity contribution in [2.24, 2.45) is 0 Å². The van der Waals surface area contributed by atoms with E-state index in [9.17, 15) is 0 Å². The molecule has 58 heavy (non-hydrogen) atoms. The van der Waals surface area contributed by atoms with Crippen LogP contribution < -0.4 is 0 Å². The van der Waals surface area contributed by atoms with Crippen LogP contribution in [0.3, 0.4) is 0 Å². The normalized spacial score (nSPS) is 13.3. The zero-order chi connectivity index (χ0) is 38.0. The van der Waals surface area contributed by atoms with Crippen molar-refractivity contribution >= 4 is 65.4 Å². The molecule has 0 saturated heterocycles. The second-order valence-electron chi connectivity index (χ2n) is 15.5. The summed E-state index contributed by atoms with van der Waals surface area (Å²) in [7, 11) is 0. The molecule has 4 heteroatoms. The van der Waals surface area contributed by atoms with E-state index in [1.54, 1.807) is 0 Å². The summed E-state index contributed by atoms with van der Waals surface area (Å²) >= 11 is 0. The van der Waals surface area contributed by atoms with Crippen LogP contribution in [0.1, 0.15) is 22.3 Å². The minimum atomic E-state index is -0.502. The van der Waals surface area contributed by atoms with E-state index < -0.39 is 5.41 Å². The van der Waals surface area contributed by atoms with Crippen LogP contribution >= 0.6 is 0 Å². The van der Waals surface area contributed by atoms with E-state index >= 15 is 0 Å². The highest BCUT2D eigenvalue weighted by Gasteiger charge is 2.45. The number of benzene rings is 8. The van der Waals surface area contributed by atoms with Crippen LogP contribution in [0.5, 0.6) is 0 Å². The Morgan fingerprint density at radius 2 is 0.897 bits per heavy atom. The molecule has 0 bridgehead atoms. The molecule has 0 spiro atoms. The third kappa shape index (κ3) is 4.01. The molecule has 13 rings (SSSR count). The lowest BCUT2D eigenvalue weighted by molar-refractivity contribution is 0.728. The lowest BCUT2D eigenvalue weighted by Gasteiger charge is -2.41. The van der Waals surface area contributed by atoms with Crippen LogP contribution in [0, 0.1) is 0 Å². The molecule has 5 heterocycles. The van der Waals surface area contributed by atoms with Gasteiger partial charge in [0.2, 0.25) is 0 Å². The van der Waals surface area contributed by atoms with Gasteiger partial charge in [-0.2, -0.15) is 0 Å². The molecule has 12 aromatic rings. The molecular formula is C54H34N4. The Morgan fingerprint density at radius 3 is 1.60 bits per heavy atom. The van der Waals surface area contributed by atoms with Crippen molar-refractivity contribution in [2.45, 2.75) is 5.41 Å². The molecular weight excluding hydrogens is 705 g/mol. The lowest BCUT2D eigenvalue weighted by atomic mass is 9.63. The third-order valence-corrected chi connectivity index (χ3v) is 12.7. The van der Waals surface area contributed by atoms with Crippen LogP contribution in [0.4, 0.5) is 0 Å². The van der Waals surface area contributed by atoms with Gasteiger partial charge in [0.15, 0.2) is 0 Å². The van der Waals surface area contributed by atoms with Crippen molar-refractivity contribution in [2.75, 3.05) is 0 Å². The molecule has 0 saturated carbocycles. The first kappa shape index (κ1) is 31.5. The van der Waals surface area contributed by atoms with E-state index in [1.807, 2.05) is 12.3 Å². The molecule has 4 aromatic heterocycles. The molecule has 270 valence electrons. The number of hydrogen-bond donors (Lipinski definition) is 0. The molecule has 0 N–H and O–H groups in total. The SMILES string of the molecule is c1ccc(C2(c3ccccc3)c3ccccc3-n3c4ccc(-n5c6ccccc6c6cc7c(cc65)c5ccccc5n7-c5ccccn5)cc4c4cccc2c43)cc1. The summed E-state index contributed by atoms with van der Waals surface area (Å²) in [6, 6.07) is 73.6. The Labute approximate surface area is 334 Å². The average Bonchev–Trinajstić information content (AvgIpc) is 3.92. The third-order valence-electron chi connectivity index (χ3n) is 12.7. The standard InChI is InChI=1S/C54H34N4/c1-3-16-35(17-4-1)54(36-18-5-2-6-19-36)44-23-9-12-27-49(44)58-48-30-29-37(32-41(48)40-22-15-24-45(54)53(40)58)56-46-25-10-7-20-38(46)42-34-51-43(33-50(42)56)39-21-8-11-26-47(39)57(51)52-28-13-14-31-55-52/h1-34H. The van der Waals surface area contributed by atoms with Crippen LogP contribution in [0.15, 0.2) is 206 Å². The zero-order valence-corrected chi connectivity index (χ0v) is 31.4. The molecule has 0 radical (unpaired) electrons. The summed E-state index contributed by atoms with van der Waals surface area (Å²) in [5.41, 5.74) is 14.1. The van der Waals surface area contributed by atoms with Crippen molar-refractivity contribution < 1.29 is 0 Å². The van der Waals surface area contributed by atoms with Crippen molar-refractivity contribution in [3.8, 4) is 17.2 Å². The topological polar surface area (TPSA) is 27.7 Å². The van der Waals surface area contributed by atoms with Crippen molar-refractivity contribution in [1.82, 2.24) is 18.7 Å². The van der Waals surface area contributed by atoms with Crippen LogP contribution in [0.25, 0.3) is 82.6 Å². The number of aromatic nitrogens is 4. The van der Waals surface area contributed by atoms with E-state index in [1.165, 1.54) is 82.3 Å². The van der Waals surface area contributed by atoms with Crippen LogP contribution in [0.2, 0.25) is 0 Å². The van der Waals surface area contributed by atoms with Gasteiger partial charge < -0.3 is 9.13 Å². The average molecular weight is 739 g/mol. The monoisotopic (exact) mass is 738 g/mol. The summed E-state index contributed by atoms with van der Waals surface area (Å²) in [6.07, 6.45) is 1.87. The quantitative estimate of drug-likeness (QED) is 0.177. The molecule has 0 atom stereocenters. The smallest absolute Gasteiger partial charge is 0.137 e. The lowest BCUT2D eigenvalue weighted by Crippen LogP contribution is -2.35. The van der Waals surface area contributed by atoms with E-state index in [0.717, 1.165) is 22.5 Å². The van der Waals surface area contributed by atoms with Gasteiger partial charge in [-0.1, -0.05) is 140 Å². The molecule has 0 unspecified atom stereocenters. The zero-order valence-electron chi connectivity index (χ0n) is 31.4. The minimum Gasteiger partial charge on any atom is -0.309 e. The second-order valence-corrected chi connectivity index (χ2v) is 15.5. The fraction of sp³-hybridized carbons (Fsp3) is 0.0185. The van der Waals surface area contributed by atoms with Gasteiger partial charge in [0, 0.05) is 44.2 Å². The maximum absolute atomic E-state index is 4.80. The number of hydrogen-bond acceptors (Lipinski definition) is 1. The van der Waals surface area contributed by atoms with Gasteiger partial charge in [0.25, 0.3) is 0 Å². The summed E-state index contributed by atoms with van der Waals surface area (Å²) in [6.45, 7) is 0. The Balaban J connectivity index is 1.12. The number of rotatable bonds is 4. The van der Waals surface area contributed by atoms with Gasteiger partial charge in [-0.15, -0.1) is 0 Å². The molecule has 1 aliphatic rings. The predicted molar refractivity (Wildman–Crippen MR) is 239 cm³/mol. The molecule has 0 fully saturated rings. The molecule has 0 aliphatic carbocycles. The van der Waals surface area contributed by atoms with E-state index in [-0.39, 0.29) is 0 Å². The highest BCUT2D eigenvalue weighted by atomic mass is 15.1. The Kier molecular flexibility index (Phi) is 6.34. The number of pyridine rings is 1. The number of nitrogens with zero attached hydrogens (tertiary/aromatic N) is 4. The van der Waals surface area contributed by atoms with Crippen molar-refractivity contribution in [1.29, 1.82) is 0 Å². The minimum absolute atomic E-state index is 0.502. The van der Waals surface area contributed by atoms with Crippen LogP contribution in [-0.4, -0.2) is 18.7 Å². The predicted octanol–water partition coefficient (Wildman–Crippen LogP) is 13.1. The first-order chi connectivity index (χ1) is 28.8.